The number of benzene rings is 3. The van der Waals surface area contributed by atoms with Gasteiger partial charge in [0.15, 0.2) is 11.5 Å². The fourth-order valence-corrected chi connectivity index (χ4v) is 5.57. The Morgan fingerprint density at radius 1 is 0.972 bits per heavy atom. The Labute approximate surface area is 209 Å². The third-order valence-corrected chi connectivity index (χ3v) is 7.31. The molecule has 0 radical (unpaired) electrons. The second-order valence-electron chi connectivity index (χ2n) is 8.31. The monoisotopic (exact) mass is 514 g/mol. The number of amides is 2. The van der Waals surface area contributed by atoms with Crippen LogP contribution in [0.15, 0.2) is 72.8 Å². The highest BCUT2D eigenvalue weighted by Crippen LogP contribution is 2.43. The van der Waals surface area contributed by atoms with Gasteiger partial charge in [-0.05, 0) is 47.5 Å². The van der Waals surface area contributed by atoms with Crippen LogP contribution in [0.4, 0.5) is 13.2 Å². The second-order valence-corrected chi connectivity index (χ2v) is 9.42. The lowest BCUT2D eigenvalue weighted by molar-refractivity contribution is -0.137. The Morgan fingerprint density at radius 2 is 1.69 bits per heavy atom. The van der Waals surface area contributed by atoms with Gasteiger partial charge < -0.3 is 19.7 Å². The summed E-state index contributed by atoms with van der Waals surface area (Å²) >= 11 is 1.34. The molecular weight excluding hydrogens is 493 g/mol. The summed E-state index contributed by atoms with van der Waals surface area (Å²) in [4.78, 5) is 28.2. The Morgan fingerprint density at radius 3 is 2.42 bits per heavy atom. The van der Waals surface area contributed by atoms with E-state index >= 15 is 0 Å². The maximum Gasteiger partial charge on any atom is 0.416 e. The molecule has 5 rings (SSSR count). The molecule has 1 saturated heterocycles. The van der Waals surface area contributed by atoms with Gasteiger partial charge in [-0.3, -0.25) is 9.59 Å². The normalized spacial score (nSPS) is 18.8. The predicted octanol–water partition coefficient (Wildman–Crippen LogP) is 5.01. The molecule has 0 bridgehead atoms. The zero-order chi connectivity index (χ0) is 25.3. The minimum absolute atomic E-state index is 0.145. The first-order valence-corrected chi connectivity index (χ1v) is 12.2. The number of hydrogen-bond donors (Lipinski definition) is 1. The average molecular weight is 515 g/mol. The van der Waals surface area contributed by atoms with E-state index in [-0.39, 0.29) is 25.2 Å². The van der Waals surface area contributed by atoms with Crippen LogP contribution in [0, 0.1) is 0 Å². The van der Waals surface area contributed by atoms with E-state index in [4.69, 9.17) is 9.47 Å². The largest absolute Gasteiger partial charge is 0.454 e. The van der Waals surface area contributed by atoms with Crippen molar-refractivity contribution < 1.29 is 32.2 Å². The lowest BCUT2D eigenvalue weighted by Crippen LogP contribution is -2.47. The highest BCUT2D eigenvalue weighted by atomic mass is 32.2. The van der Waals surface area contributed by atoms with E-state index in [1.807, 2.05) is 6.07 Å². The fraction of sp³-hybridized carbons (Fsp3) is 0.231. The highest BCUT2D eigenvalue weighted by Gasteiger charge is 2.43. The van der Waals surface area contributed by atoms with Crippen molar-refractivity contribution in [3.8, 4) is 11.5 Å². The quantitative estimate of drug-likeness (QED) is 0.519. The average Bonchev–Trinajstić information content (AvgIpc) is 3.54. The molecule has 1 fully saturated rings. The van der Waals surface area contributed by atoms with Crippen molar-refractivity contribution in [1.29, 1.82) is 0 Å². The number of thioether (sulfide) groups is 1. The summed E-state index contributed by atoms with van der Waals surface area (Å²) in [5, 5.41) is 2.27. The number of carbonyl (C=O) groups excluding carboxylic acids is 2. The molecule has 2 heterocycles. The van der Waals surface area contributed by atoms with Crippen LogP contribution in [-0.2, 0) is 17.5 Å². The molecule has 1 N–H and O–H groups in total. The van der Waals surface area contributed by atoms with E-state index in [9.17, 15) is 22.8 Å². The summed E-state index contributed by atoms with van der Waals surface area (Å²) in [5.74, 6) is 0.822. The Balaban J connectivity index is 1.37. The van der Waals surface area contributed by atoms with Crippen LogP contribution in [0.25, 0.3) is 0 Å². The summed E-state index contributed by atoms with van der Waals surface area (Å²) < 4.78 is 49.8. The van der Waals surface area contributed by atoms with Crippen LogP contribution < -0.4 is 14.8 Å². The molecule has 3 aromatic rings. The maximum atomic E-state index is 13.5. The Bertz CT molecular complexity index is 1270. The summed E-state index contributed by atoms with van der Waals surface area (Å²) in [6.07, 6.45) is -4.46. The lowest BCUT2D eigenvalue weighted by atomic mass is 10.1. The van der Waals surface area contributed by atoms with Gasteiger partial charge in [0.2, 0.25) is 12.7 Å². The molecule has 2 aliphatic rings. The number of rotatable bonds is 5. The van der Waals surface area contributed by atoms with Crippen molar-refractivity contribution >= 4 is 23.6 Å². The van der Waals surface area contributed by atoms with Gasteiger partial charge in [0, 0.05) is 17.9 Å². The van der Waals surface area contributed by atoms with Gasteiger partial charge in [0.1, 0.15) is 11.4 Å². The molecule has 0 aliphatic carbocycles. The first-order valence-electron chi connectivity index (χ1n) is 11.1. The molecule has 0 spiro atoms. The van der Waals surface area contributed by atoms with E-state index in [0.717, 1.165) is 17.7 Å². The van der Waals surface area contributed by atoms with Crippen molar-refractivity contribution in [3.63, 3.8) is 0 Å². The maximum absolute atomic E-state index is 13.5. The zero-order valence-corrected chi connectivity index (χ0v) is 19.6. The van der Waals surface area contributed by atoms with Crippen molar-refractivity contribution in [1.82, 2.24) is 10.2 Å². The molecule has 10 heteroatoms. The van der Waals surface area contributed by atoms with E-state index in [0.29, 0.717) is 28.4 Å². The van der Waals surface area contributed by atoms with Gasteiger partial charge in [-0.2, -0.15) is 13.2 Å². The topological polar surface area (TPSA) is 67.9 Å². The van der Waals surface area contributed by atoms with Crippen LogP contribution in [0.2, 0.25) is 0 Å². The van der Waals surface area contributed by atoms with Crippen LogP contribution >= 0.6 is 11.8 Å². The third kappa shape index (κ3) is 4.86. The van der Waals surface area contributed by atoms with Crippen LogP contribution in [0.1, 0.15) is 32.4 Å². The molecule has 6 nitrogen and oxygen atoms in total. The third-order valence-electron chi connectivity index (χ3n) is 5.99. The summed E-state index contributed by atoms with van der Waals surface area (Å²) in [5.41, 5.74) is 0.945. The van der Waals surface area contributed by atoms with E-state index in [1.54, 1.807) is 42.5 Å². The molecule has 0 aromatic heterocycles. The number of fused-ring (bicyclic) bond motifs is 1. The first kappa shape index (κ1) is 24.1. The van der Waals surface area contributed by atoms with Gasteiger partial charge in [-0.25, -0.2) is 0 Å². The van der Waals surface area contributed by atoms with Crippen molar-refractivity contribution in [2.24, 2.45) is 0 Å². The molecular formula is C26H21F3N2O4S. The number of halogens is 3. The Hall–Kier alpha value is -3.66. The van der Waals surface area contributed by atoms with Crippen molar-refractivity contribution in [2.45, 2.75) is 24.1 Å². The van der Waals surface area contributed by atoms with Crippen molar-refractivity contribution in [2.75, 3.05) is 12.5 Å². The summed E-state index contributed by atoms with van der Waals surface area (Å²) in [6.45, 7) is 0.362. The summed E-state index contributed by atoms with van der Waals surface area (Å²) in [6, 6.07) is 17.8. The van der Waals surface area contributed by atoms with Crippen LogP contribution in [-0.4, -0.2) is 35.3 Å². The number of carbonyl (C=O) groups is 2. The molecule has 0 saturated carbocycles. The molecule has 3 aromatic carbocycles. The smallest absolute Gasteiger partial charge is 0.416 e. The van der Waals surface area contributed by atoms with Gasteiger partial charge in [0.25, 0.3) is 5.91 Å². The van der Waals surface area contributed by atoms with Gasteiger partial charge in [-0.15, -0.1) is 11.8 Å². The SMILES string of the molecule is O=C(NCc1ccc2c(c1)OCO2)C1CSC(c2ccc(C(F)(F)F)cc2)N1C(=O)c1ccccc1. The minimum atomic E-state index is -4.46. The molecule has 2 unspecified atom stereocenters. The number of nitrogens with zero attached hydrogens (tertiary/aromatic N) is 1. The van der Waals surface area contributed by atoms with E-state index in [2.05, 4.69) is 5.32 Å². The standard InChI is InChI=1S/C26H21F3N2O4S/c27-26(28,29)19-9-7-18(8-10-19)25-31(24(33)17-4-2-1-3-5-17)20(14-36-25)23(32)30-13-16-6-11-21-22(12-16)35-15-34-21/h1-12,20,25H,13-15H2,(H,30,32). The van der Waals surface area contributed by atoms with E-state index < -0.39 is 23.2 Å². The molecule has 2 atom stereocenters. The molecule has 2 aliphatic heterocycles. The van der Waals surface area contributed by atoms with Crippen molar-refractivity contribution in [3.05, 3.63) is 95.1 Å². The van der Waals surface area contributed by atoms with Gasteiger partial charge >= 0.3 is 6.18 Å². The van der Waals surface area contributed by atoms with E-state index in [1.165, 1.54) is 28.8 Å². The lowest BCUT2D eigenvalue weighted by Gasteiger charge is -2.29. The number of hydrogen-bond acceptors (Lipinski definition) is 5. The fourth-order valence-electron chi connectivity index (χ4n) is 4.14. The molecule has 2 amide bonds. The number of alkyl halides is 3. The Kier molecular flexibility index (Phi) is 6.53. The van der Waals surface area contributed by atoms with Crippen LogP contribution in [0.3, 0.4) is 0 Å². The molecule has 36 heavy (non-hydrogen) atoms. The molecule has 186 valence electrons. The number of nitrogens with one attached hydrogen (secondary N) is 1. The predicted molar refractivity (Wildman–Crippen MR) is 127 cm³/mol. The number of ether oxygens (including phenoxy) is 2. The van der Waals surface area contributed by atoms with Gasteiger partial charge in [-0.1, -0.05) is 36.4 Å². The minimum Gasteiger partial charge on any atom is -0.454 e. The van der Waals surface area contributed by atoms with Crippen LogP contribution in [0.5, 0.6) is 11.5 Å². The highest BCUT2D eigenvalue weighted by molar-refractivity contribution is 7.99. The zero-order valence-electron chi connectivity index (χ0n) is 18.8. The summed E-state index contributed by atoms with van der Waals surface area (Å²) in [7, 11) is 0. The first-order chi connectivity index (χ1) is 17.3. The second kappa shape index (κ2) is 9.77. The van der Waals surface area contributed by atoms with Gasteiger partial charge in [0.05, 0.1) is 5.56 Å².